The molecule has 4 amide bonds. The van der Waals surface area contributed by atoms with Gasteiger partial charge in [-0.05, 0) is 19.1 Å². The molecule has 0 aliphatic rings. The van der Waals surface area contributed by atoms with Gasteiger partial charge < -0.3 is 10.6 Å². The van der Waals surface area contributed by atoms with Crippen LogP contribution in [0.2, 0.25) is 0 Å². The molecule has 0 saturated carbocycles. The second kappa shape index (κ2) is 7.00. The van der Waals surface area contributed by atoms with Crippen LogP contribution in [0.4, 0.5) is 10.5 Å². The molecule has 7 nitrogen and oxygen atoms in total. The molecule has 0 bridgehead atoms. The molecule has 19 heavy (non-hydrogen) atoms. The number of hydrogen-bond acceptors (Lipinski definition) is 3. The van der Waals surface area contributed by atoms with E-state index in [1.807, 2.05) is 6.07 Å². The minimum absolute atomic E-state index is 0.394. The highest BCUT2D eigenvalue weighted by Gasteiger charge is 2.15. The van der Waals surface area contributed by atoms with Gasteiger partial charge in [-0.3, -0.25) is 20.4 Å². The fraction of sp³-hybridized carbons (Fsp3) is 0.250. The minimum atomic E-state index is -0.782. The van der Waals surface area contributed by atoms with Crippen LogP contribution in [0.25, 0.3) is 0 Å². The van der Waals surface area contributed by atoms with Crippen LogP contribution in [0, 0.1) is 0 Å². The zero-order chi connectivity index (χ0) is 14.3. The highest BCUT2D eigenvalue weighted by atomic mass is 16.2. The van der Waals surface area contributed by atoms with Crippen LogP contribution >= 0.6 is 0 Å². The SMILES string of the molecule is CC(=O)NNC(=O)[C@H](C)NC(=O)Nc1ccccc1. The number of hydrogen-bond donors (Lipinski definition) is 4. The van der Waals surface area contributed by atoms with Crippen LogP contribution in [0.15, 0.2) is 30.3 Å². The van der Waals surface area contributed by atoms with Crippen molar-refractivity contribution in [1.82, 2.24) is 16.2 Å². The van der Waals surface area contributed by atoms with Crippen LogP contribution in [-0.4, -0.2) is 23.9 Å². The normalized spacial score (nSPS) is 11.1. The maximum absolute atomic E-state index is 11.6. The molecule has 0 saturated heterocycles. The average molecular weight is 264 g/mol. The van der Waals surface area contributed by atoms with E-state index in [0.29, 0.717) is 5.69 Å². The second-order valence-corrected chi connectivity index (χ2v) is 3.86. The van der Waals surface area contributed by atoms with Crippen molar-refractivity contribution in [2.24, 2.45) is 0 Å². The molecule has 0 unspecified atom stereocenters. The van der Waals surface area contributed by atoms with Crippen molar-refractivity contribution < 1.29 is 14.4 Å². The molecule has 0 fully saturated rings. The molecule has 1 aromatic rings. The summed E-state index contributed by atoms with van der Waals surface area (Å²) in [5, 5.41) is 5.01. The lowest BCUT2D eigenvalue weighted by Crippen LogP contribution is -2.51. The van der Waals surface area contributed by atoms with Crippen molar-refractivity contribution in [3.8, 4) is 0 Å². The third-order valence-corrected chi connectivity index (χ3v) is 2.13. The number of carbonyl (C=O) groups excluding carboxylic acids is 3. The van der Waals surface area contributed by atoms with Gasteiger partial charge in [0.05, 0.1) is 0 Å². The molecule has 0 aliphatic heterocycles. The topological polar surface area (TPSA) is 99.3 Å². The van der Waals surface area contributed by atoms with Gasteiger partial charge in [-0.15, -0.1) is 0 Å². The Morgan fingerprint density at radius 1 is 1.05 bits per heavy atom. The largest absolute Gasteiger partial charge is 0.326 e. The maximum Gasteiger partial charge on any atom is 0.319 e. The lowest BCUT2D eigenvalue weighted by molar-refractivity contribution is -0.128. The van der Waals surface area contributed by atoms with Crippen molar-refractivity contribution in [1.29, 1.82) is 0 Å². The molecule has 1 atom stereocenters. The van der Waals surface area contributed by atoms with Crippen molar-refractivity contribution >= 4 is 23.5 Å². The zero-order valence-corrected chi connectivity index (χ0v) is 10.7. The van der Waals surface area contributed by atoms with Gasteiger partial charge in [-0.25, -0.2) is 4.79 Å². The standard InChI is InChI=1S/C12H16N4O3/c1-8(11(18)16-15-9(2)17)13-12(19)14-10-6-4-3-5-7-10/h3-8H,1-2H3,(H,15,17)(H,16,18)(H2,13,14,19)/t8-/m0/s1. The van der Waals surface area contributed by atoms with E-state index in [4.69, 9.17) is 0 Å². The minimum Gasteiger partial charge on any atom is -0.326 e. The molecular weight excluding hydrogens is 248 g/mol. The van der Waals surface area contributed by atoms with E-state index < -0.39 is 23.9 Å². The highest BCUT2D eigenvalue weighted by molar-refractivity contribution is 5.93. The molecule has 1 rings (SSSR count). The molecule has 0 aromatic heterocycles. The van der Waals surface area contributed by atoms with Crippen LogP contribution in [0.5, 0.6) is 0 Å². The van der Waals surface area contributed by atoms with E-state index in [9.17, 15) is 14.4 Å². The molecule has 102 valence electrons. The first-order valence-electron chi connectivity index (χ1n) is 5.68. The Hall–Kier alpha value is -2.57. The maximum atomic E-state index is 11.6. The number of rotatable bonds is 3. The Kier molecular flexibility index (Phi) is 5.34. The summed E-state index contributed by atoms with van der Waals surface area (Å²) in [4.78, 5) is 33.7. The Balaban J connectivity index is 2.39. The monoisotopic (exact) mass is 264 g/mol. The molecule has 0 spiro atoms. The number of anilines is 1. The molecular formula is C12H16N4O3. The molecule has 7 heteroatoms. The van der Waals surface area contributed by atoms with E-state index in [1.165, 1.54) is 13.8 Å². The first-order chi connectivity index (χ1) is 8.99. The number of carbonyl (C=O) groups is 3. The van der Waals surface area contributed by atoms with Crippen molar-refractivity contribution in [3.63, 3.8) is 0 Å². The first kappa shape index (κ1) is 14.5. The number of benzene rings is 1. The smallest absolute Gasteiger partial charge is 0.319 e. The summed E-state index contributed by atoms with van der Waals surface area (Å²) in [5.74, 6) is -0.910. The summed E-state index contributed by atoms with van der Waals surface area (Å²) in [6.45, 7) is 2.77. The Labute approximate surface area is 110 Å². The van der Waals surface area contributed by atoms with Gasteiger partial charge in [-0.1, -0.05) is 18.2 Å². The van der Waals surface area contributed by atoms with Gasteiger partial charge in [-0.2, -0.15) is 0 Å². The summed E-state index contributed by atoms with van der Waals surface area (Å²) in [6, 6.07) is 7.55. The lowest BCUT2D eigenvalue weighted by Gasteiger charge is -2.14. The van der Waals surface area contributed by atoms with E-state index in [-0.39, 0.29) is 0 Å². The first-order valence-corrected chi connectivity index (χ1v) is 5.68. The van der Waals surface area contributed by atoms with Gasteiger partial charge >= 0.3 is 6.03 Å². The lowest BCUT2D eigenvalue weighted by atomic mass is 10.3. The second-order valence-electron chi connectivity index (χ2n) is 3.86. The van der Waals surface area contributed by atoms with Crippen LogP contribution in [0.1, 0.15) is 13.8 Å². The third-order valence-electron chi connectivity index (χ3n) is 2.13. The van der Waals surface area contributed by atoms with Gasteiger partial charge in [0.25, 0.3) is 5.91 Å². The molecule has 4 N–H and O–H groups in total. The van der Waals surface area contributed by atoms with Crippen LogP contribution < -0.4 is 21.5 Å². The summed E-state index contributed by atoms with van der Waals surface area (Å²) in [6.07, 6.45) is 0. The molecule has 0 radical (unpaired) electrons. The van der Waals surface area contributed by atoms with Gasteiger partial charge in [0.2, 0.25) is 5.91 Å². The predicted octanol–water partition coefficient (Wildman–Crippen LogP) is 0.364. The molecule has 1 aromatic carbocycles. The zero-order valence-electron chi connectivity index (χ0n) is 10.7. The summed E-state index contributed by atoms with van der Waals surface area (Å²) < 4.78 is 0. The van der Waals surface area contributed by atoms with Gasteiger partial charge in [0, 0.05) is 12.6 Å². The van der Waals surface area contributed by atoms with Gasteiger partial charge in [0.15, 0.2) is 0 Å². The van der Waals surface area contributed by atoms with Crippen molar-refractivity contribution in [2.75, 3.05) is 5.32 Å². The quantitative estimate of drug-likeness (QED) is 0.593. The Morgan fingerprint density at radius 2 is 1.68 bits per heavy atom. The van der Waals surface area contributed by atoms with Crippen LogP contribution in [-0.2, 0) is 9.59 Å². The van der Waals surface area contributed by atoms with E-state index >= 15 is 0 Å². The predicted molar refractivity (Wildman–Crippen MR) is 70.0 cm³/mol. The number of nitrogens with one attached hydrogen (secondary N) is 4. The number of amides is 4. The summed E-state index contributed by atoms with van der Waals surface area (Å²) >= 11 is 0. The average Bonchev–Trinajstić information content (AvgIpc) is 2.36. The molecule has 0 heterocycles. The van der Waals surface area contributed by atoms with E-state index in [0.717, 1.165) is 0 Å². The summed E-state index contributed by atoms with van der Waals surface area (Å²) in [7, 11) is 0. The third kappa shape index (κ3) is 5.53. The Morgan fingerprint density at radius 3 is 2.26 bits per heavy atom. The van der Waals surface area contributed by atoms with Gasteiger partial charge in [0.1, 0.15) is 6.04 Å². The van der Waals surface area contributed by atoms with Crippen LogP contribution in [0.3, 0.4) is 0 Å². The highest BCUT2D eigenvalue weighted by Crippen LogP contribution is 2.04. The number of urea groups is 1. The number of hydrazine groups is 1. The fourth-order valence-electron chi connectivity index (χ4n) is 1.21. The van der Waals surface area contributed by atoms with Crippen molar-refractivity contribution in [2.45, 2.75) is 19.9 Å². The van der Waals surface area contributed by atoms with E-state index in [2.05, 4.69) is 21.5 Å². The summed E-state index contributed by atoms with van der Waals surface area (Å²) in [5.41, 5.74) is 4.93. The molecule has 0 aliphatic carbocycles. The number of para-hydroxylation sites is 1. The Bertz CT molecular complexity index is 461. The van der Waals surface area contributed by atoms with E-state index in [1.54, 1.807) is 24.3 Å². The van der Waals surface area contributed by atoms with Crippen molar-refractivity contribution in [3.05, 3.63) is 30.3 Å². The fourth-order valence-corrected chi connectivity index (χ4v) is 1.21.